The van der Waals surface area contributed by atoms with Crippen LogP contribution in [0.2, 0.25) is 0 Å². The van der Waals surface area contributed by atoms with E-state index in [-0.39, 0.29) is 19.0 Å². The topological polar surface area (TPSA) is 95.6 Å². The standard InChI is InChI=1S/C22H29N3O4S/c1-16(2)13-23-22(27)19-7-5-6-8-20(19)24-21(26)15-25(30(4,28)29)14-18-11-9-17(3)10-12-18/h5-12,16H,13-15H2,1-4H3,(H,23,27)(H,24,26). The minimum Gasteiger partial charge on any atom is -0.352 e. The molecule has 0 heterocycles. The maximum Gasteiger partial charge on any atom is 0.253 e. The lowest BCUT2D eigenvalue weighted by atomic mass is 10.1. The van der Waals surface area contributed by atoms with E-state index in [4.69, 9.17) is 0 Å². The van der Waals surface area contributed by atoms with Gasteiger partial charge < -0.3 is 10.6 Å². The van der Waals surface area contributed by atoms with E-state index < -0.39 is 15.9 Å². The summed E-state index contributed by atoms with van der Waals surface area (Å²) in [6.45, 7) is 6.17. The lowest BCUT2D eigenvalue weighted by Crippen LogP contribution is -2.37. The Bertz CT molecular complexity index is 986. The summed E-state index contributed by atoms with van der Waals surface area (Å²) in [6.07, 6.45) is 1.07. The molecule has 30 heavy (non-hydrogen) atoms. The molecule has 0 aliphatic heterocycles. The number of aryl methyl sites for hydroxylation is 1. The number of nitrogens with zero attached hydrogens (tertiary/aromatic N) is 1. The molecule has 0 radical (unpaired) electrons. The Morgan fingerprint density at radius 1 is 1.03 bits per heavy atom. The van der Waals surface area contributed by atoms with Crippen molar-refractivity contribution in [1.82, 2.24) is 9.62 Å². The third-order valence-electron chi connectivity index (χ3n) is 4.39. The van der Waals surface area contributed by atoms with E-state index in [2.05, 4.69) is 10.6 Å². The number of carbonyl (C=O) groups is 2. The van der Waals surface area contributed by atoms with Gasteiger partial charge in [-0.2, -0.15) is 4.31 Å². The molecule has 0 saturated heterocycles. The maximum absolute atomic E-state index is 12.6. The van der Waals surface area contributed by atoms with Crippen LogP contribution in [0.5, 0.6) is 0 Å². The SMILES string of the molecule is Cc1ccc(CN(CC(=O)Nc2ccccc2C(=O)NCC(C)C)S(C)(=O)=O)cc1. The first kappa shape index (κ1) is 23.6. The number of carbonyl (C=O) groups excluding carboxylic acids is 2. The van der Waals surface area contributed by atoms with Crippen molar-refractivity contribution >= 4 is 27.5 Å². The van der Waals surface area contributed by atoms with Crippen molar-refractivity contribution < 1.29 is 18.0 Å². The molecule has 0 atom stereocenters. The lowest BCUT2D eigenvalue weighted by Gasteiger charge is -2.20. The molecule has 0 aliphatic carbocycles. The fourth-order valence-electron chi connectivity index (χ4n) is 2.72. The summed E-state index contributed by atoms with van der Waals surface area (Å²) in [6, 6.07) is 14.1. The van der Waals surface area contributed by atoms with Crippen LogP contribution in [0.4, 0.5) is 5.69 Å². The molecule has 0 aliphatic rings. The predicted octanol–water partition coefficient (Wildman–Crippen LogP) is 2.78. The zero-order chi connectivity index (χ0) is 22.3. The zero-order valence-electron chi connectivity index (χ0n) is 17.8. The second kappa shape index (κ2) is 10.4. The molecule has 8 heteroatoms. The average molecular weight is 432 g/mol. The van der Waals surface area contributed by atoms with Crippen LogP contribution >= 0.6 is 0 Å². The Morgan fingerprint density at radius 3 is 2.27 bits per heavy atom. The van der Waals surface area contributed by atoms with Gasteiger partial charge >= 0.3 is 0 Å². The summed E-state index contributed by atoms with van der Waals surface area (Å²) >= 11 is 0. The van der Waals surface area contributed by atoms with Gasteiger partial charge in [-0.05, 0) is 30.5 Å². The van der Waals surface area contributed by atoms with E-state index in [0.29, 0.717) is 23.7 Å². The summed E-state index contributed by atoms with van der Waals surface area (Å²) in [5.74, 6) is -0.517. The van der Waals surface area contributed by atoms with Gasteiger partial charge in [0.05, 0.1) is 24.1 Å². The van der Waals surface area contributed by atoms with Crippen LogP contribution in [-0.2, 0) is 21.4 Å². The van der Waals surface area contributed by atoms with E-state index in [0.717, 1.165) is 21.7 Å². The van der Waals surface area contributed by atoms with Crippen molar-refractivity contribution in [3.63, 3.8) is 0 Å². The molecule has 0 bridgehead atoms. The molecule has 162 valence electrons. The fraction of sp³-hybridized carbons (Fsp3) is 0.364. The number of sulfonamides is 1. The Balaban J connectivity index is 2.12. The molecule has 0 fully saturated rings. The summed E-state index contributed by atoms with van der Waals surface area (Å²) in [5.41, 5.74) is 2.52. The molecule has 0 spiro atoms. The van der Waals surface area contributed by atoms with E-state index in [1.807, 2.05) is 45.0 Å². The highest BCUT2D eigenvalue weighted by Crippen LogP contribution is 2.16. The molecule has 2 amide bonds. The van der Waals surface area contributed by atoms with Crippen molar-refractivity contribution in [2.45, 2.75) is 27.3 Å². The number of nitrogens with one attached hydrogen (secondary N) is 2. The molecule has 0 saturated carbocycles. The van der Waals surface area contributed by atoms with E-state index in [9.17, 15) is 18.0 Å². The van der Waals surface area contributed by atoms with E-state index in [1.54, 1.807) is 24.3 Å². The largest absolute Gasteiger partial charge is 0.352 e. The number of amides is 2. The van der Waals surface area contributed by atoms with Crippen molar-refractivity contribution in [3.8, 4) is 0 Å². The summed E-state index contributed by atoms with van der Waals surface area (Å²) in [7, 11) is -3.61. The van der Waals surface area contributed by atoms with Crippen LogP contribution in [-0.4, -0.2) is 43.9 Å². The number of rotatable bonds is 9. The van der Waals surface area contributed by atoms with Gasteiger partial charge in [-0.1, -0.05) is 55.8 Å². The molecular weight excluding hydrogens is 402 g/mol. The van der Waals surface area contributed by atoms with Crippen LogP contribution in [0.25, 0.3) is 0 Å². The van der Waals surface area contributed by atoms with E-state index >= 15 is 0 Å². The van der Waals surface area contributed by atoms with Gasteiger partial charge in [-0.3, -0.25) is 9.59 Å². The first-order valence-electron chi connectivity index (χ1n) is 9.74. The van der Waals surface area contributed by atoms with E-state index in [1.165, 1.54) is 0 Å². The van der Waals surface area contributed by atoms with Crippen LogP contribution in [0, 0.1) is 12.8 Å². The number of benzene rings is 2. The molecule has 2 aromatic rings. The van der Waals surface area contributed by atoms with Crippen molar-refractivity contribution in [2.24, 2.45) is 5.92 Å². The second-order valence-electron chi connectivity index (χ2n) is 7.71. The van der Waals surface area contributed by atoms with Crippen molar-refractivity contribution in [1.29, 1.82) is 0 Å². The van der Waals surface area contributed by atoms with Crippen molar-refractivity contribution in [2.75, 3.05) is 24.7 Å². The zero-order valence-corrected chi connectivity index (χ0v) is 18.6. The Morgan fingerprint density at radius 2 is 1.67 bits per heavy atom. The third kappa shape index (κ3) is 7.27. The molecule has 2 rings (SSSR count). The highest BCUT2D eigenvalue weighted by atomic mass is 32.2. The van der Waals surface area contributed by atoms with Crippen LogP contribution < -0.4 is 10.6 Å². The van der Waals surface area contributed by atoms with Crippen LogP contribution in [0.1, 0.15) is 35.3 Å². The number of anilines is 1. The number of para-hydroxylation sites is 1. The van der Waals surface area contributed by atoms with Crippen LogP contribution in [0.15, 0.2) is 48.5 Å². The minimum absolute atomic E-state index is 0.0864. The molecular formula is C22H29N3O4S. The van der Waals surface area contributed by atoms with Gasteiger partial charge in [0.1, 0.15) is 0 Å². The Hall–Kier alpha value is -2.71. The monoisotopic (exact) mass is 431 g/mol. The van der Waals surface area contributed by atoms with Crippen LogP contribution in [0.3, 0.4) is 0 Å². The summed E-state index contributed by atoms with van der Waals surface area (Å²) < 4.78 is 25.5. The van der Waals surface area contributed by atoms with Gasteiger partial charge in [-0.15, -0.1) is 0 Å². The smallest absolute Gasteiger partial charge is 0.253 e. The highest BCUT2D eigenvalue weighted by molar-refractivity contribution is 7.88. The first-order valence-corrected chi connectivity index (χ1v) is 11.6. The minimum atomic E-state index is -3.61. The normalized spacial score (nSPS) is 11.5. The average Bonchev–Trinajstić information content (AvgIpc) is 2.67. The lowest BCUT2D eigenvalue weighted by molar-refractivity contribution is -0.116. The second-order valence-corrected chi connectivity index (χ2v) is 9.70. The third-order valence-corrected chi connectivity index (χ3v) is 5.58. The number of hydrogen-bond acceptors (Lipinski definition) is 4. The molecule has 7 nitrogen and oxygen atoms in total. The van der Waals surface area contributed by atoms with Gasteiger partial charge in [0.25, 0.3) is 5.91 Å². The molecule has 0 unspecified atom stereocenters. The number of hydrogen-bond donors (Lipinski definition) is 2. The first-order chi connectivity index (χ1) is 14.1. The molecule has 2 aromatic carbocycles. The maximum atomic E-state index is 12.6. The van der Waals surface area contributed by atoms with Crippen molar-refractivity contribution in [3.05, 3.63) is 65.2 Å². The summed E-state index contributed by atoms with van der Waals surface area (Å²) in [5, 5.41) is 5.49. The highest BCUT2D eigenvalue weighted by Gasteiger charge is 2.22. The Labute approximate surface area is 178 Å². The van der Waals surface area contributed by atoms with Gasteiger partial charge in [-0.25, -0.2) is 8.42 Å². The molecule has 0 aromatic heterocycles. The summed E-state index contributed by atoms with van der Waals surface area (Å²) in [4.78, 5) is 25.0. The van der Waals surface area contributed by atoms with Gasteiger partial charge in [0.2, 0.25) is 15.9 Å². The quantitative estimate of drug-likeness (QED) is 0.638. The Kier molecular flexibility index (Phi) is 8.14. The predicted molar refractivity (Wildman–Crippen MR) is 119 cm³/mol. The fourth-order valence-corrected chi connectivity index (χ4v) is 3.45. The van der Waals surface area contributed by atoms with Gasteiger partial charge in [0.15, 0.2) is 0 Å². The molecule has 2 N–H and O–H groups in total. The van der Waals surface area contributed by atoms with Gasteiger partial charge in [0, 0.05) is 13.1 Å².